The number of hydrogen-bond acceptors (Lipinski definition) is 3. The van der Waals surface area contributed by atoms with E-state index in [0.29, 0.717) is 0 Å². The van der Waals surface area contributed by atoms with Crippen LogP contribution in [0.2, 0.25) is 0 Å². The second-order valence-electron chi connectivity index (χ2n) is 2.56. The van der Waals surface area contributed by atoms with Crippen molar-refractivity contribution in [2.45, 2.75) is 25.7 Å². The lowest BCUT2D eigenvalue weighted by atomic mass is 10.1. The van der Waals surface area contributed by atoms with Gasteiger partial charge in [0.2, 0.25) is 0 Å². The van der Waals surface area contributed by atoms with E-state index in [1.807, 2.05) is 13.8 Å². The maximum Gasteiger partial charge on any atom is 0.171 e. The van der Waals surface area contributed by atoms with Crippen LogP contribution >= 0.6 is 0 Å². The third kappa shape index (κ3) is 2.30. The summed E-state index contributed by atoms with van der Waals surface area (Å²) >= 11 is 0. The van der Waals surface area contributed by atoms with Gasteiger partial charge in [-0.3, -0.25) is 0 Å². The highest BCUT2D eigenvalue weighted by molar-refractivity contribution is 4.77. The van der Waals surface area contributed by atoms with Crippen LogP contribution in [-0.4, -0.2) is 31.1 Å². The first-order valence-electron chi connectivity index (χ1n) is 2.94. The first-order chi connectivity index (χ1) is 4.04. The molecule has 0 bridgehead atoms. The van der Waals surface area contributed by atoms with Gasteiger partial charge >= 0.3 is 0 Å². The van der Waals surface area contributed by atoms with E-state index in [-0.39, 0.29) is 5.54 Å². The van der Waals surface area contributed by atoms with Gasteiger partial charge in [-0.1, -0.05) is 0 Å². The Morgan fingerprint density at radius 2 is 2.00 bits per heavy atom. The molecule has 0 aromatic heterocycles. The number of rotatable bonds is 3. The number of nitrogens with one attached hydrogen (secondary N) is 1. The van der Waals surface area contributed by atoms with Crippen molar-refractivity contribution in [3.8, 4) is 0 Å². The van der Waals surface area contributed by atoms with Gasteiger partial charge in [-0.05, 0) is 20.9 Å². The monoisotopic (exact) mass is 133 g/mol. The first kappa shape index (κ1) is 8.88. The Morgan fingerprint density at radius 3 is 2.11 bits per heavy atom. The van der Waals surface area contributed by atoms with Crippen molar-refractivity contribution in [3.63, 3.8) is 0 Å². The van der Waals surface area contributed by atoms with E-state index >= 15 is 0 Å². The summed E-state index contributed by atoms with van der Waals surface area (Å²) in [6.45, 7) is 3.72. The van der Waals surface area contributed by atoms with Crippen molar-refractivity contribution in [1.82, 2.24) is 5.32 Å². The van der Waals surface area contributed by atoms with Crippen molar-refractivity contribution in [1.29, 1.82) is 0 Å². The Hall–Kier alpha value is -0.120. The van der Waals surface area contributed by atoms with Crippen molar-refractivity contribution < 1.29 is 9.84 Å². The zero-order valence-electron chi connectivity index (χ0n) is 6.43. The largest absolute Gasteiger partial charge is 0.366 e. The van der Waals surface area contributed by atoms with Gasteiger partial charge in [0.05, 0.1) is 5.54 Å². The van der Waals surface area contributed by atoms with Crippen LogP contribution in [0.25, 0.3) is 0 Å². The number of aliphatic hydroxyl groups is 1. The minimum absolute atomic E-state index is 0.366. The Kier molecular flexibility index (Phi) is 3.11. The summed E-state index contributed by atoms with van der Waals surface area (Å²) in [6, 6.07) is 0. The molecule has 0 rings (SSSR count). The fraction of sp³-hybridized carbons (Fsp3) is 1.00. The molecule has 2 N–H and O–H groups in total. The highest BCUT2D eigenvalue weighted by Gasteiger charge is 2.24. The van der Waals surface area contributed by atoms with E-state index in [4.69, 9.17) is 9.84 Å². The van der Waals surface area contributed by atoms with Gasteiger partial charge in [0, 0.05) is 7.11 Å². The lowest BCUT2D eigenvalue weighted by Crippen LogP contribution is -2.48. The van der Waals surface area contributed by atoms with Crippen LogP contribution in [0, 0.1) is 0 Å². The van der Waals surface area contributed by atoms with Gasteiger partial charge in [-0.25, -0.2) is 0 Å². The molecule has 1 atom stereocenters. The second-order valence-corrected chi connectivity index (χ2v) is 2.56. The molecule has 56 valence electrons. The van der Waals surface area contributed by atoms with E-state index in [1.165, 1.54) is 7.11 Å². The van der Waals surface area contributed by atoms with Crippen molar-refractivity contribution in [2.75, 3.05) is 14.2 Å². The number of hydrogen-bond donors (Lipinski definition) is 2. The predicted octanol–water partition coefficient (Wildman–Crippen LogP) is -0.0508. The molecule has 3 nitrogen and oxygen atoms in total. The highest BCUT2D eigenvalue weighted by Crippen LogP contribution is 2.07. The van der Waals surface area contributed by atoms with Crippen LogP contribution in [0.15, 0.2) is 0 Å². The van der Waals surface area contributed by atoms with Gasteiger partial charge in [-0.15, -0.1) is 0 Å². The summed E-state index contributed by atoms with van der Waals surface area (Å²) in [5.74, 6) is 0. The van der Waals surface area contributed by atoms with Crippen LogP contribution in [0.4, 0.5) is 0 Å². The van der Waals surface area contributed by atoms with E-state index in [2.05, 4.69) is 5.32 Å². The minimum atomic E-state index is -0.748. The Labute approximate surface area is 56.0 Å². The summed E-state index contributed by atoms with van der Waals surface area (Å²) in [4.78, 5) is 0. The number of likely N-dealkylation sites (N-methyl/N-ethyl adjacent to an activating group) is 1. The molecule has 0 aliphatic rings. The summed E-state index contributed by atoms with van der Waals surface area (Å²) in [7, 11) is 3.26. The molecule has 0 aromatic rings. The lowest BCUT2D eigenvalue weighted by molar-refractivity contribution is -0.122. The Morgan fingerprint density at radius 1 is 1.56 bits per heavy atom. The first-order valence-corrected chi connectivity index (χ1v) is 2.94. The van der Waals surface area contributed by atoms with E-state index in [9.17, 15) is 0 Å². The molecule has 0 aliphatic heterocycles. The van der Waals surface area contributed by atoms with Crippen LogP contribution < -0.4 is 5.32 Å². The van der Waals surface area contributed by atoms with Gasteiger partial charge in [0.15, 0.2) is 6.29 Å². The molecule has 0 spiro atoms. The average molecular weight is 133 g/mol. The lowest BCUT2D eigenvalue weighted by Gasteiger charge is -2.28. The summed E-state index contributed by atoms with van der Waals surface area (Å²) in [6.07, 6.45) is -0.748. The van der Waals surface area contributed by atoms with Gasteiger partial charge < -0.3 is 15.2 Å². The summed E-state index contributed by atoms with van der Waals surface area (Å²) in [5, 5.41) is 12.0. The SMILES string of the molecule is CNC(C)(C)C(O)OC. The van der Waals surface area contributed by atoms with Gasteiger partial charge in [0.25, 0.3) is 0 Å². The molecule has 0 radical (unpaired) electrons. The Bertz CT molecular complexity index is 83.1. The Balaban J connectivity index is 3.80. The molecule has 0 saturated heterocycles. The molecule has 0 aliphatic carbocycles. The van der Waals surface area contributed by atoms with Gasteiger partial charge in [0.1, 0.15) is 0 Å². The van der Waals surface area contributed by atoms with Crippen molar-refractivity contribution in [3.05, 3.63) is 0 Å². The molecule has 0 saturated carbocycles. The topological polar surface area (TPSA) is 41.5 Å². The number of ether oxygens (including phenoxy) is 1. The smallest absolute Gasteiger partial charge is 0.171 e. The molecule has 9 heavy (non-hydrogen) atoms. The van der Waals surface area contributed by atoms with Crippen LogP contribution in [0.3, 0.4) is 0 Å². The predicted molar refractivity (Wildman–Crippen MR) is 36.2 cm³/mol. The quantitative estimate of drug-likeness (QED) is 0.530. The van der Waals surface area contributed by atoms with E-state index < -0.39 is 6.29 Å². The molecular formula is C6H15NO2. The van der Waals surface area contributed by atoms with Crippen LogP contribution in [-0.2, 0) is 4.74 Å². The molecule has 0 heterocycles. The molecule has 0 aromatic carbocycles. The van der Waals surface area contributed by atoms with Crippen LogP contribution in [0.5, 0.6) is 0 Å². The normalized spacial score (nSPS) is 15.7. The standard InChI is InChI=1S/C6H15NO2/c1-6(2,7-3)5(8)9-4/h5,7-8H,1-4H3. The highest BCUT2D eigenvalue weighted by atomic mass is 16.6. The number of methoxy groups -OCH3 is 1. The minimum Gasteiger partial charge on any atom is -0.366 e. The summed E-state index contributed by atoms with van der Waals surface area (Å²) in [5.41, 5.74) is -0.366. The van der Waals surface area contributed by atoms with Crippen molar-refractivity contribution in [2.24, 2.45) is 0 Å². The summed E-state index contributed by atoms with van der Waals surface area (Å²) < 4.78 is 4.70. The molecule has 1 unspecified atom stereocenters. The fourth-order valence-corrected chi connectivity index (χ4v) is 0.418. The number of aliphatic hydroxyl groups excluding tert-OH is 1. The fourth-order valence-electron chi connectivity index (χ4n) is 0.418. The molecule has 0 amide bonds. The second kappa shape index (κ2) is 3.15. The molecular weight excluding hydrogens is 118 g/mol. The van der Waals surface area contributed by atoms with Crippen molar-refractivity contribution >= 4 is 0 Å². The zero-order valence-corrected chi connectivity index (χ0v) is 6.43. The van der Waals surface area contributed by atoms with Gasteiger partial charge in [-0.2, -0.15) is 0 Å². The third-order valence-electron chi connectivity index (χ3n) is 1.48. The zero-order chi connectivity index (χ0) is 7.49. The van der Waals surface area contributed by atoms with Crippen LogP contribution in [0.1, 0.15) is 13.8 Å². The van der Waals surface area contributed by atoms with E-state index in [1.54, 1.807) is 7.05 Å². The maximum atomic E-state index is 9.10. The molecule has 3 heteroatoms. The third-order valence-corrected chi connectivity index (χ3v) is 1.48. The van der Waals surface area contributed by atoms with E-state index in [0.717, 1.165) is 0 Å². The average Bonchev–Trinajstić information content (AvgIpc) is 1.86. The maximum absolute atomic E-state index is 9.10. The molecule has 0 fully saturated rings.